The Labute approximate surface area is 153 Å². The van der Waals surface area contributed by atoms with Gasteiger partial charge >= 0.3 is 11.9 Å². The Kier molecular flexibility index (Phi) is 4.67. The number of esters is 2. The highest BCUT2D eigenvalue weighted by Crippen LogP contribution is 2.44. The Morgan fingerprint density at radius 2 is 2.04 bits per heavy atom. The third-order valence-corrected chi connectivity index (χ3v) is 5.05. The zero-order valence-electron chi connectivity index (χ0n) is 15.5. The van der Waals surface area contributed by atoms with Crippen LogP contribution in [-0.4, -0.2) is 43.1 Å². The number of hydrogen-bond acceptors (Lipinski definition) is 6. The number of carbonyl (C=O) groups is 2. The van der Waals surface area contributed by atoms with Crippen molar-refractivity contribution >= 4 is 11.9 Å². The van der Waals surface area contributed by atoms with Gasteiger partial charge in [-0.25, -0.2) is 9.59 Å². The second-order valence-electron chi connectivity index (χ2n) is 7.19. The van der Waals surface area contributed by atoms with Crippen molar-refractivity contribution in [2.24, 2.45) is 5.92 Å². The van der Waals surface area contributed by atoms with Crippen LogP contribution in [0.4, 0.5) is 0 Å². The van der Waals surface area contributed by atoms with E-state index in [4.69, 9.17) is 18.9 Å². The minimum absolute atomic E-state index is 0.288. The van der Waals surface area contributed by atoms with E-state index < -0.39 is 42.0 Å². The Balaban J connectivity index is 2.06. The molecule has 0 aromatic carbocycles. The van der Waals surface area contributed by atoms with Crippen LogP contribution in [0, 0.1) is 5.92 Å². The number of fused-ring (bicyclic) bond motifs is 4. The molecule has 0 aromatic rings. The molecule has 1 saturated heterocycles. The SMILES string of the molecule is C=C(C)C(=O)O[C@H]1C/C(C)=C\C2(OC)C=C(C)[C@H](O2)[C@H]2OC(=O)C(=C)[C@@H]21. The van der Waals surface area contributed by atoms with Gasteiger partial charge < -0.3 is 18.9 Å². The molecule has 0 aromatic heterocycles. The standard InChI is InChI=1S/C20H24O6/c1-10(2)18(21)24-14-7-11(3)8-20(23-6)9-12(4)16(26-20)17-15(14)13(5)19(22)25-17/h8-9,14-17H,1,5,7H2,2-4,6H3/b11-8-/t14-,15+,16-,17-,20?/m0/s1. The van der Waals surface area contributed by atoms with E-state index in [0.29, 0.717) is 12.0 Å². The van der Waals surface area contributed by atoms with E-state index >= 15 is 0 Å². The van der Waals surface area contributed by atoms with Crippen LogP contribution in [0.2, 0.25) is 0 Å². The van der Waals surface area contributed by atoms with Crippen molar-refractivity contribution in [2.45, 2.75) is 51.3 Å². The third-order valence-electron chi connectivity index (χ3n) is 5.05. The predicted molar refractivity (Wildman–Crippen MR) is 93.9 cm³/mol. The van der Waals surface area contributed by atoms with Crippen molar-refractivity contribution in [3.8, 4) is 0 Å². The average molecular weight is 360 g/mol. The largest absolute Gasteiger partial charge is 0.458 e. The maximum absolute atomic E-state index is 12.2. The van der Waals surface area contributed by atoms with Crippen molar-refractivity contribution < 1.29 is 28.5 Å². The molecule has 0 N–H and O–H groups in total. The van der Waals surface area contributed by atoms with Gasteiger partial charge in [-0.3, -0.25) is 0 Å². The summed E-state index contributed by atoms with van der Waals surface area (Å²) in [4.78, 5) is 24.4. The molecule has 0 aliphatic carbocycles. The Morgan fingerprint density at radius 1 is 1.35 bits per heavy atom. The third kappa shape index (κ3) is 3.04. The Morgan fingerprint density at radius 3 is 2.65 bits per heavy atom. The van der Waals surface area contributed by atoms with E-state index in [9.17, 15) is 9.59 Å². The molecule has 3 aliphatic heterocycles. The molecule has 140 valence electrons. The summed E-state index contributed by atoms with van der Waals surface area (Å²) >= 11 is 0. The molecule has 0 saturated carbocycles. The minimum atomic E-state index is -1.02. The fourth-order valence-corrected chi connectivity index (χ4v) is 3.79. The molecule has 3 rings (SSSR count). The first kappa shape index (κ1) is 18.6. The molecule has 1 unspecified atom stereocenters. The van der Waals surface area contributed by atoms with Crippen molar-refractivity contribution in [1.82, 2.24) is 0 Å². The van der Waals surface area contributed by atoms with E-state index in [1.165, 1.54) is 0 Å². The van der Waals surface area contributed by atoms with Gasteiger partial charge in [-0.05, 0) is 38.5 Å². The summed E-state index contributed by atoms with van der Waals surface area (Å²) in [5.41, 5.74) is 2.38. The number of carbonyl (C=O) groups excluding carboxylic acids is 2. The lowest BCUT2D eigenvalue weighted by atomic mass is 9.83. The van der Waals surface area contributed by atoms with E-state index in [1.807, 2.05) is 26.0 Å². The van der Waals surface area contributed by atoms with Gasteiger partial charge in [0, 0.05) is 24.7 Å². The fourth-order valence-electron chi connectivity index (χ4n) is 3.79. The quantitative estimate of drug-likeness (QED) is 0.438. The van der Waals surface area contributed by atoms with E-state index in [2.05, 4.69) is 13.2 Å². The molecule has 26 heavy (non-hydrogen) atoms. The molecular formula is C20H24O6. The van der Waals surface area contributed by atoms with Crippen LogP contribution in [0.15, 0.2) is 47.6 Å². The molecule has 3 aliphatic rings. The zero-order chi connectivity index (χ0) is 19.2. The van der Waals surface area contributed by atoms with Crippen LogP contribution in [-0.2, 0) is 28.5 Å². The summed E-state index contributed by atoms with van der Waals surface area (Å²) in [5.74, 6) is -2.53. The second-order valence-corrected chi connectivity index (χ2v) is 7.19. The molecule has 2 bridgehead atoms. The van der Waals surface area contributed by atoms with Gasteiger partial charge in [0.05, 0.1) is 5.92 Å². The molecule has 0 amide bonds. The summed E-state index contributed by atoms with van der Waals surface area (Å²) in [6, 6.07) is 0. The maximum atomic E-state index is 12.2. The Hall–Kier alpha value is -2.18. The summed E-state index contributed by atoms with van der Waals surface area (Å²) in [6.07, 6.45) is 2.41. The maximum Gasteiger partial charge on any atom is 0.334 e. The highest BCUT2D eigenvalue weighted by molar-refractivity contribution is 5.91. The van der Waals surface area contributed by atoms with Crippen molar-refractivity contribution in [3.05, 3.63) is 47.6 Å². The average Bonchev–Trinajstić information content (AvgIpc) is 3.04. The van der Waals surface area contributed by atoms with Crippen molar-refractivity contribution in [1.29, 1.82) is 0 Å². The first-order valence-electron chi connectivity index (χ1n) is 8.54. The van der Waals surface area contributed by atoms with Gasteiger partial charge in [-0.2, -0.15) is 0 Å². The summed E-state index contributed by atoms with van der Waals surface area (Å²) in [7, 11) is 1.56. The molecule has 6 nitrogen and oxygen atoms in total. The molecule has 0 spiro atoms. The van der Waals surface area contributed by atoms with Gasteiger partial charge in [-0.15, -0.1) is 0 Å². The van der Waals surface area contributed by atoms with Crippen LogP contribution >= 0.6 is 0 Å². The molecule has 5 atom stereocenters. The fraction of sp³-hybridized carbons (Fsp3) is 0.500. The van der Waals surface area contributed by atoms with Crippen LogP contribution in [0.1, 0.15) is 27.2 Å². The van der Waals surface area contributed by atoms with Gasteiger partial charge in [-0.1, -0.05) is 18.7 Å². The monoisotopic (exact) mass is 360 g/mol. The van der Waals surface area contributed by atoms with Gasteiger partial charge in [0.25, 0.3) is 0 Å². The number of ether oxygens (including phenoxy) is 4. The lowest BCUT2D eigenvalue weighted by Gasteiger charge is -2.30. The summed E-state index contributed by atoms with van der Waals surface area (Å²) < 4.78 is 23.0. The van der Waals surface area contributed by atoms with Gasteiger partial charge in [0.15, 0.2) is 0 Å². The van der Waals surface area contributed by atoms with Gasteiger partial charge in [0.2, 0.25) is 5.79 Å². The molecule has 6 heteroatoms. The van der Waals surface area contributed by atoms with E-state index in [1.54, 1.807) is 14.0 Å². The predicted octanol–water partition coefficient (Wildman–Crippen LogP) is 2.61. The molecule has 3 heterocycles. The first-order valence-corrected chi connectivity index (χ1v) is 8.54. The smallest absolute Gasteiger partial charge is 0.334 e. The highest BCUT2D eigenvalue weighted by Gasteiger charge is 2.54. The number of hydrogen-bond donors (Lipinski definition) is 0. The van der Waals surface area contributed by atoms with Crippen molar-refractivity contribution in [3.63, 3.8) is 0 Å². The van der Waals surface area contributed by atoms with Crippen LogP contribution in [0.3, 0.4) is 0 Å². The number of methoxy groups -OCH3 is 1. The summed E-state index contributed by atoms with van der Waals surface area (Å²) in [5, 5.41) is 0. The van der Waals surface area contributed by atoms with Crippen LogP contribution in [0.5, 0.6) is 0 Å². The minimum Gasteiger partial charge on any atom is -0.458 e. The molecular weight excluding hydrogens is 336 g/mol. The molecule has 1 fully saturated rings. The summed E-state index contributed by atoms with van der Waals surface area (Å²) in [6.45, 7) is 12.9. The normalized spacial score (nSPS) is 38.2. The van der Waals surface area contributed by atoms with Crippen LogP contribution in [0.25, 0.3) is 0 Å². The number of rotatable bonds is 3. The lowest BCUT2D eigenvalue weighted by Crippen LogP contribution is -2.41. The van der Waals surface area contributed by atoms with Crippen molar-refractivity contribution in [2.75, 3.05) is 7.11 Å². The zero-order valence-corrected chi connectivity index (χ0v) is 15.5. The first-order chi connectivity index (χ1) is 12.2. The van der Waals surface area contributed by atoms with Gasteiger partial charge in [0.1, 0.15) is 18.3 Å². The lowest BCUT2D eigenvalue weighted by molar-refractivity contribution is -0.189. The van der Waals surface area contributed by atoms with Crippen LogP contribution < -0.4 is 0 Å². The Bertz CT molecular complexity index is 745. The second kappa shape index (κ2) is 6.52. The molecule has 0 radical (unpaired) electrons. The van der Waals surface area contributed by atoms with E-state index in [-0.39, 0.29) is 5.57 Å². The van der Waals surface area contributed by atoms with E-state index in [0.717, 1.165) is 11.1 Å². The highest BCUT2D eigenvalue weighted by atomic mass is 16.7. The topological polar surface area (TPSA) is 71.1 Å².